The van der Waals surface area contributed by atoms with E-state index in [1.807, 2.05) is 12.1 Å². The van der Waals surface area contributed by atoms with Crippen molar-refractivity contribution >= 4 is 23.2 Å². The van der Waals surface area contributed by atoms with Crippen LogP contribution in [0.3, 0.4) is 0 Å². The molecule has 1 unspecified atom stereocenters. The highest BCUT2D eigenvalue weighted by Gasteiger charge is 2.44. The van der Waals surface area contributed by atoms with Gasteiger partial charge in [-0.1, -0.05) is 0 Å². The van der Waals surface area contributed by atoms with Gasteiger partial charge in [0, 0.05) is 37.6 Å². The maximum atomic E-state index is 12.6. The molecule has 1 fully saturated rings. The highest BCUT2D eigenvalue weighted by Crippen LogP contribution is 2.25. The quantitative estimate of drug-likeness (QED) is 0.864. The van der Waals surface area contributed by atoms with Crippen LogP contribution in [0, 0.1) is 5.92 Å². The van der Waals surface area contributed by atoms with Crippen molar-refractivity contribution in [1.82, 2.24) is 4.90 Å². The number of nitrogens with one attached hydrogen (secondary N) is 1. The fourth-order valence-corrected chi connectivity index (χ4v) is 3.14. The van der Waals surface area contributed by atoms with Crippen LogP contribution in [-0.4, -0.2) is 49.1 Å². The number of rotatable bonds is 5. The molecule has 1 aliphatic heterocycles. The fourth-order valence-electron chi connectivity index (χ4n) is 3.14. The minimum absolute atomic E-state index is 0.0285. The Labute approximate surface area is 151 Å². The third-order valence-electron chi connectivity index (χ3n) is 4.59. The summed E-state index contributed by atoms with van der Waals surface area (Å²) in [5, 5.41) is 2.74. The summed E-state index contributed by atoms with van der Waals surface area (Å²) in [6.45, 7) is 5.66. The van der Waals surface area contributed by atoms with Crippen molar-refractivity contribution in [3.05, 3.63) is 24.3 Å². The van der Waals surface area contributed by atoms with Gasteiger partial charge in [0.1, 0.15) is 0 Å². The number of carbonyl (C=O) groups excluding carboxylic acids is 2. The van der Waals surface area contributed by atoms with Gasteiger partial charge in [-0.3, -0.25) is 9.59 Å². The summed E-state index contributed by atoms with van der Waals surface area (Å²) < 4.78 is 37.7. The molecule has 2 rings (SSSR count). The van der Waals surface area contributed by atoms with E-state index in [-0.39, 0.29) is 19.0 Å². The molecule has 1 aromatic rings. The third-order valence-corrected chi connectivity index (χ3v) is 4.59. The van der Waals surface area contributed by atoms with Crippen molar-refractivity contribution in [1.29, 1.82) is 0 Å². The van der Waals surface area contributed by atoms with Crippen LogP contribution in [-0.2, 0) is 9.59 Å². The Balaban J connectivity index is 1.97. The van der Waals surface area contributed by atoms with E-state index in [1.54, 1.807) is 12.1 Å². The number of alkyl halides is 3. The first-order valence-corrected chi connectivity index (χ1v) is 8.78. The number of hydrogen-bond donors (Lipinski definition) is 1. The van der Waals surface area contributed by atoms with Gasteiger partial charge < -0.3 is 15.1 Å². The van der Waals surface area contributed by atoms with Gasteiger partial charge >= 0.3 is 12.1 Å². The molecule has 0 saturated carbocycles. The summed E-state index contributed by atoms with van der Waals surface area (Å²) in [6.07, 6.45) is -4.07. The zero-order valence-corrected chi connectivity index (χ0v) is 15.0. The average Bonchev–Trinajstić information content (AvgIpc) is 2.62. The van der Waals surface area contributed by atoms with E-state index in [1.165, 1.54) is 0 Å². The lowest BCUT2D eigenvalue weighted by molar-refractivity contribution is -0.187. The molecule has 1 saturated heterocycles. The second-order valence-corrected chi connectivity index (χ2v) is 6.30. The molecule has 1 N–H and O–H groups in total. The molecule has 0 radical (unpaired) electrons. The van der Waals surface area contributed by atoms with Crippen LogP contribution in [0.2, 0.25) is 0 Å². The summed E-state index contributed by atoms with van der Waals surface area (Å²) >= 11 is 0. The van der Waals surface area contributed by atoms with E-state index in [9.17, 15) is 22.8 Å². The summed E-state index contributed by atoms with van der Waals surface area (Å²) in [4.78, 5) is 26.6. The standard InChI is InChI=1S/C18H24F3N3O2/c1-3-23(4-2)15-9-7-14(8-10-15)22-16(25)13-6-5-11-24(12-13)17(26)18(19,20)21/h7-10,13H,3-6,11-12H2,1-2H3,(H,22,25). The van der Waals surface area contributed by atoms with Crippen LogP contribution in [0.5, 0.6) is 0 Å². The molecular formula is C18H24F3N3O2. The van der Waals surface area contributed by atoms with Crippen molar-refractivity contribution in [2.75, 3.05) is 36.4 Å². The SMILES string of the molecule is CCN(CC)c1ccc(NC(=O)C2CCCN(C(=O)C(F)(F)F)C2)cc1. The lowest BCUT2D eigenvalue weighted by Crippen LogP contribution is -2.48. The van der Waals surface area contributed by atoms with Crippen LogP contribution in [0.1, 0.15) is 26.7 Å². The smallest absolute Gasteiger partial charge is 0.372 e. The number of anilines is 2. The summed E-state index contributed by atoms with van der Waals surface area (Å²) in [7, 11) is 0. The molecule has 1 atom stereocenters. The number of benzene rings is 1. The molecule has 1 heterocycles. The minimum atomic E-state index is -4.90. The van der Waals surface area contributed by atoms with E-state index in [4.69, 9.17) is 0 Å². The second kappa shape index (κ2) is 8.42. The Kier molecular flexibility index (Phi) is 6.50. The Hall–Kier alpha value is -2.25. The third kappa shape index (κ3) is 4.89. The first kappa shape index (κ1) is 20.1. The molecule has 0 bridgehead atoms. The van der Waals surface area contributed by atoms with Crippen molar-refractivity contribution in [2.45, 2.75) is 32.9 Å². The minimum Gasteiger partial charge on any atom is -0.372 e. The van der Waals surface area contributed by atoms with Crippen LogP contribution < -0.4 is 10.2 Å². The zero-order valence-electron chi connectivity index (χ0n) is 15.0. The first-order valence-electron chi connectivity index (χ1n) is 8.78. The first-order chi connectivity index (χ1) is 12.3. The number of likely N-dealkylation sites (tertiary alicyclic amines) is 1. The number of piperidine rings is 1. The predicted molar refractivity (Wildman–Crippen MR) is 94.0 cm³/mol. The van der Waals surface area contributed by atoms with Crippen LogP contribution in [0.15, 0.2) is 24.3 Å². The van der Waals surface area contributed by atoms with E-state index >= 15 is 0 Å². The molecule has 1 aromatic carbocycles. The molecule has 0 aliphatic carbocycles. The van der Waals surface area contributed by atoms with Gasteiger partial charge in [-0.05, 0) is 51.0 Å². The highest BCUT2D eigenvalue weighted by atomic mass is 19.4. The average molecular weight is 371 g/mol. The predicted octanol–water partition coefficient (Wildman–Crippen LogP) is 3.27. The van der Waals surface area contributed by atoms with Crippen molar-refractivity contribution < 1.29 is 22.8 Å². The lowest BCUT2D eigenvalue weighted by Gasteiger charge is -2.32. The van der Waals surface area contributed by atoms with Gasteiger partial charge in [-0.15, -0.1) is 0 Å². The number of amides is 2. The number of carbonyl (C=O) groups is 2. The lowest BCUT2D eigenvalue weighted by atomic mass is 9.97. The summed E-state index contributed by atoms with van der Waals surface area (Å²) in [6, 6.07) is 7.33. The summed E-state index contributed by atoms with van der Waals surface area (Å²) in [5.74, 6) is -2.88. The molecule has 1 aliphatic rings. The zero-order chi connectivity index (χ0) is 19.3. The molecule has 0 spiro atoms. The topological polar surface area (TPSA) is 52.7 Å². The second-order valence-electron chi connectivity index (χ2n) is 6.30. The van der Waals surface area contributed by atoms with Gasteiger partial charge in [0.2, 0.25) is 5.91 Å². The molecule has 5 nitrogen and oxygen atoms in total. The fraction of sp³-hybridized carbons (Fsp3) is 0.556. The monoisotopic (exact) mass is 371 g/mol. The maximum absolute atomic E-state index is 12.6. The number of halogens is 3. The van der Waals surface area contributed by atoms with Gasteiger partial charge in [-0.25, -0.2) is 0 Å². The van der Waals surface area contributed by atoms with Crippen LogP contribution in [0.25, 0.3) is 0 Å². The Bertz CT molecular complexity index is 628. The normalized spacial score (nSPS) is 17.7. The highest BCUT2D eigenvalue weighted by molar-refractivity contribution is 5.93. The number of nitrogens with zero attached hydrogens (tertiary/aromatic N) is 2. The van der Waals surface area contributed by atoms with Crippen molar-refractivity contribution in [3.8, 4) is 0 Å². The molecule has 8 heteroatoms. The number of hydrogen-bond acceptors (Lipinski definition) is 3. The van der Waals surface area contributed by atoms with E-state index < -0.39 is 18.0 Å². The molecule has 0 aromatic heterocycles. The Morgan fingerprint density at radius 3 is 2.35 bits per heavy atom. The van der Waals surface area contributed by atoms with E-state index in [0.717, 1.165) is 23.7 Å². The molecular weight excluding hydrogens is 347 g/mol. The Morgan fingerprint density at radius 2 is 1.81 bits per heavy atom. The van der Waals surface area contributed by atoms with Crippen LogP contribution >= 0.6 is 0 Å². The van der Waals surface area contributed by atoms with Gasteiger partial charge in [0.25, 0.3) is 0 Å². The van der Waals surface area contributed by atoms with Gasteiger partial charge in [-0.2, -0.15) is 13.2 Å². The molecule has 26 heavy (non-hydrogen) atoms. The molecule has 2 amide bonds. The maximum Gasteiger partial charge on any atom is 0.471 e. The summed E-state index contributed by atoms with van der Waals surface area (Å²) in [5.41, 5.74) is 1.62. The largest absolute Gasteiger partial charge is 0.471 e. The van der Waals surface area contributed by atoms with Crippen LogP contribution in [0.4, 0.5) is 24.5 Å². The van der Waals surface area contributed by atoms with Crippen molar-refractivity contribution in [2.24, 2.45) is 5.92 Å². The molecule has 144 valence electrons. The van der Waals surface area contributed by atoms with Crippen molar-refractivity contribution in [3.63, 3.8) is 0 Å². The van der Waals surface area contributed by atoms with E-state index in [2.05, 4.69) is 24.1 Å². The van der Waals surface area contributed by atoms with Gasteiger partial charge in [0.15, 0.2) is 0 Å². The Morgan fingerprint density at radius 1 is 1.19 bits per heavy atom. The van der Waals surface area contributed by atoms with Gasteiger partial charge in [0.05, 0.1) is 5.92 Å². The van der Waals surface area contributed by atoms with E-state index in [0.29, 0.717) is 18.5 Å².